The highest BCUT2D eigenvalue weighted by molar-refractivity contribution is 6.35. The number of nitrogens with zero attached hydrogens (tertiary/aromatic N) is 2. The fraction of sp³-hybridized carbons (Fsp3) is 0.278. The number of rotatable bonds is 8. The molecule has 0 amide bonds. The quantitative estimate of drug-likeness (QED) is 0.131. The summed E-state index contributed by atoms with van der Waals surface area (Å²) in [7, 11) is 0. The summed E-state index contributed by atoms with van der Waals surface area (Å²) in [6.45, 7) is 1.76. The van der Waals surface area contributed by atoms with E-state index < -0.39 is 11.6 Å². The predicted octanol–water partition coefficient (Wildman–Crippen LogP) is 10.5. The van der Waals surface area contributed by atoms with Gasteiger partial charge in [-0.2, -0.15) is 10.2 Å². The zero-order valence-corrected chi connectivity index (χ0v) is 26.7. The lowest BCUT2D eigenvalue weighted by Crippen LogP contribution is -2.11. The van der Waals surface area contributed by atoms with Crippen molar-refractivity contribution in [3.8, 4) is 22.3 Å². The molecule has 2 aliphatic carbocycles. The van der Waals surface area contributed by atoms with Gasteiger partial charge in [0.1, 0.15) is 11.0 Å². The molecule has 6 nitrogen and oxygen atoms in total. The van der Waals surface area contributed by atoms with Gasteiger partial charge < -0.3 is 10.6 Å². The Morgan fingerprint density at radius 1 is 0.630 bits per heavy atom. The number of hydrogen-bond acceptors (Lipinski definition) is 4. The molecule has 2 aromatic heterocycles. The first kappa shape index (κ1) is 30.5. The number of aromatic nitrogens is 4. The third-order valence-corrected chi connectivity index (χ3v) is 9.68. The smallest absolute Gasteiger partial charge is 0.168 e. The molecule has 0 spiro atoms. The van der Waals surface area contributed by atoms with Gasteiger partial charge in [-0.1, -0.05) is 96.7 Å². The monoisotopic (exact) mass is 658 g/mol. The number of fused-ring (bicyclic) bond motifs is 2. The number of halogens is 4. The van der Waals surface area contributed by atoms with Gasteiger partial charge in [0.2, 0.25) is 0 Å². The maximum Gasteiger partial charge on any atom is 0.168 e. The van der Waals surface area contributed by atoms with Crippen molar-refractivity contribution < 1.29 is 8.78 Å². The molecule has 0 saturated heterocycles. The molecule has 2 aliphatic rings. The summed E-state index contributed by atoms with van der Waals surface area (Å²) >= 11 is 12.5. The molecule has 2 saturated carbocycles. The van der Waals surface area contributed by atoms with Gasteiger partial charge in [-0.25, -0.2) is 8.78 Å². The van der Waals surface area contributed by atoms with Crippen LogP contribution in [0.4, 0.5) is 20.4 Å². The predicted molar refractivity (Wildman–Crippen MR) is 185 cm³/mol. The van der Waals surface area contributed by atoms with Crippen molar-refractivity contribution in [2.24, 2.45) is 11.8 Å². The Hall–Kier alpha value is -4.14. The lowest BCUT2D eigenvalue weighted by Gasteiger charge is -2.11. The van der Waals surface area contributed by atoms with E-state index in [0.29, 0.717) is 39.7 Å². The van der Waals surface area contributed by atoms with Gasteiger partial charge >= 0.3 is 0 Å². The second kappa shape index (κ2) is 13.3. The van der Waals surface area contributed by atoms with E-state index in [9.17, 15) is 8.78 Å². The molecule has 8 rings (SSSR count). The Morgan fingerprint density at radius 2 is 1.04 bits per heavy atom. The summed E-state index contributed by atoms with van der Waals surface area (Å²) in [5.74, 6) is 1.89. The highest BCUT2D eigenvalue weighted by Gasteiger charge is 2.23. The number of benzene rings is 4. The molecule has 0 atom stereocenters. The normalized spacial score (nSPS) is 14.9. The summed E-state index contributed by atoms with van der Waals surface area (Å²) in [5.41, 5.74) is 3.86. The molecule has 2 fully saturated rings. The standard InChI is InChI=1S/C19H19ClFN3.C17H15ClFN3/c20-16-14(13-8-2-1-3-9-13)10-15-18(17(16)21)23-24-19(15)22-11-12-6-4-5-7-12;18-14-12(11-4-2-1-3-5-11)8-13-16(15(14)19)21-22-17(13)20-9-10-6-7-10/h1-3,8-10,12H,4-7,11H2,(H2,22,23,24);1-5,8,10H,6-7,9H2,(H2,20,21,22). The van der Waals surface area contributed by atoms with Crippen molar-refractivity contribution in [3.63, 3.8) is 0 Å². The molecule has 6 aromatic rings. The molecular formula is C36H34Cl2F2N6. The maximum absolute atomic E-state index is 14.7. The van der Waals surface area contributed by atoms with Crippen molar-refractivity contribution >= 4 is 56.6 Å². The zero-order chi connectivity index (χ0) is 31.6. The van der Waals surface area contributed by atoms with Crippen LogP contribution in [0.5, 0.6) is 0 Å². The van der Waals surface area contributed by atoms with Crippen LogP contribution in [0.15, 0.2) is 72.8 Å². The van der Waals surface area contributed by atoms with Crippen molar-refractivity contribution in [1.82, 2.24) is 20.4 Å². The summed E-state index contributed by atoms with van der Waals surface area (Å²) in [6, 6.07) is 23.0. The highest BCUT2D eigenvalue weighted by Crippen LogP contribution is 2.39. The van der Waals surface area contributed by atoms with Crippen LogP contribution in [0.3, 0.4) is 0 Å². The third-order valence-electron chi connectivity index (χ3n) is 8.94. The number of nitrogens with one attached hydrogen (secondary N) is 4. The number of anilines is 2. The van der Waals surface area contributed by atoms with E-state index in [0.717, 1.165) is 40.9 Å². The van der Waals surface area contributed by atoms with Crippen LogP contribution >= 0.6 is 23.2 Å². The first-order valence-corrected chi connectivity index (χ1v) is 16.5. The minimum Gasteiger partial charge on any atom is -0.368 e. The summed E-state index contributed by atoms with van der Waals surface area (Å²) in [5, 5.41) is 22.4. The fourth-order valence-corrected chi connectivity index (χ4v) is 6.65. The van der Waals surface area contributed by atoms with Gasteiger partial charge in [0.15, 0.2) is 23.3 Å². The van der Waals surface area contributed by atoms with Crippen LogP contribution in [0.1, 0.15) is 38.5 Å². The van der Waals surface area contributed by atoms with Gasteiger partial charge in [-0.15, -0.1) is 0 Å². The number of hydrogen-bond donors (Lipinski definition) is 4. The maximum atomic E-state index is 14.7. The molecule has 46 heavy (non-hydrogen) atoms. The van der Waals surface area contributed by atoms with Crippen molar-refractivity contribution in [1.29, 1.82) is 0 Å². The van der Waals surface area contributed by atoms with Crippen LogP contribution in [-0.2, 0) is 0 Å². The van der Waals surface area contributed by atoms with Gasteiger partial charge in [0.05, 0.1) is 10.0 Å². The van der Waals surface area contributed by atoms with Crippen molar-refractivity contribution in [3.05, 3.63) is 94.5 Å². The largest absolute Gasteiger partial charge is 0.368 e. The molecule has 2 heterocycles. The van der Waals surface area contributed by atoms with Crippen LogP contribution in [-0.4, -0.2) is 33.5 Å². The SMILES string of the molecule is Fc1c(Cl)c(-c2ccccc2)cc2c(NCC3CC3)n[nH]c12.Fc1c(Cl)c(-c2ccccc2)cc2c(NCC3CCCC3)n[nH]c12. The summed E-state index contributed by atoms with van der Waals surface area (Å²) in [4.78, 5) is 0. The first-order valence-electron chi connectivity index (χ1n) is 15.8. The Kier molecular flexibility index (Phi) is 8.82. The first-order chi connectivity index (χ1) is 22.5. The average molecular weight is 660 g/mol. The van der Waals surface area contributed by atoms with E-state index in [1.54, 1.807) is 0 Å². The number of H-pyrrole nitrogens is 2. The Morgan fingerprint density at radius 3 is 1.46 bits per heavy atom. The topological polar surface area (TPSA) is 81.4 Å². The summed E-state index contributed by atoms with van der Waals surface area (Å²) < 4.78 is 29.2. The fourth-order valence-electron chi connectivity index (χ4n) is 6.13. The molecule has 236 valence electrons. The lowest BCUT2D eigenvalue weighted by molar-refractivity contribution is 0.579. The molecule has 4 aromatic carbocycles. The third kappa shape index (κ3) is 6.29. The zero-order valence-electron chi connectivity index (χ0n) is 25.1. The van der Waals surface area contributed by atoms with Gasteiger partial charge in [0.25, 0.3) is 0 Å². The van der Waals surface area contributed by atoms with Gasteiger partial charge in [0, 0.05) is 35.0 Å². The van der Waals surface area contributed by atoms with Gasteiger partial charge in [-0.3, -0.25) is 10.2 Å². The molecule has 0 radical (unpaired) electrons. The van der Waals surface area contributed by atoms with E-state index in [4.69, 9.17) is 23.2 Å². The van der Waals surface area contributed by atoms with E-state index in [-0.39, 0.29) is 10.0 Å². The second-order valence-electron chi connectivity index (χ2n) is 12.2. The van der Waals surface area contributed by atoms with E-state index in [1.807, 2.05) is 72.8 Å². The molecule has 4 N–H and O–H groups in total. The van der Waals surface area contributed by atoms with Crippen molar-refractivity contribution in [2.45, 2.75) is 38.5 Å². The van der Waals surface area contributed by atoms with Crippen LogP contribution in [0.2, 0.25) is 10.0 Å². The molecule has 0 aliphatic heterocycles. The number of aromatic amines is 2. The molecule has 0 unspecified atom stereocenters. The Balaban J connectivity index is 0.000000147. The molecule has 0 bridgehead atoms. The van der Waals surface area contributed by atoms with Gasteiger partial charge in [-0.05, 0) is 60.8 Å². The second-order valence-corrected chi connectivity index (χ2v) is 12.9. The van der Waals surface area contributed by atoms with E-state index >= 15 is 0 Å². The Bertz CT molecular complexity index is 1970. The Labute approximate surface area is 275 Å². The minimum absolute atomic E-state index is 0.121. The van der Waals surface area contributed by atoms with Crippen LogP contribution in [0.25, 0.3) is 44.1 Å². The highest BCUT2D eigenvalue weighted by atomic mass is 35.5. The van der Waals surface area contributed by atoms with Crippen LogP contribution < -0.4 is 10.6 Å². The lowest BCUT2D eigenvalue weighted by atomic mass is 10.0. The summed E-state index contributed by atoms with van der Waals surface area (Å²) in [6.07, 6.45) is 7.62. The van der Waals surface area contributed by atoms with E-state index in [1.165, 1.54) is 38.5 Å². The molecule has 10 heteroatoms. The van der Waals surface area contributed by atoms with E-state index in [2.05, 4.69) is 31.0 Å². The minimum atomic E-state index is -0.454. The molecular weight excluding hydrogens is 625 g/mol. The van der Waals surface area contributed by atoms with Crippen molar-refractivity contribution in [2.75, 3.05) is 23.7 Å². The average Bonchev–Trinajstić information content (AvgIpc) is 3.42. The van der Waals surface area contributed by atoms with Crippen LogP contribution in [0, 0.1) is 23.5 Å².